The predicted molar refractivity (Wildman–Crippen MR) is 121 cm³/mol. The van der Waals surface area contributed by atoms with Crippen molar-refractivity contribution < 1.29 is 19.1 Å². The van der Waals surface area contributed by atoms with E-state index < -0.39 is 0 Å². The molecule has 0 spiro atoms. The van der Waals surface area contributed by atoms with Crippen molar-refractivity contribution in [3.05, 3.63) is 77.6 Å². The maximum Gasteiger partial charge on any atom is 0.338 e. The van der Waals surface area contributed by atoms with E-state index in [-0.39, 0.29) is 11.9 Å². The van der Waals surface area contributed by atoms with Gasteiger partial charge in [0.2, 0.25) is 0 Å². The number of thiocarbonyl (C=S) groups is 1. The number of nitrogens with one attached hydrogen (secondary N) is 2. The van der Waals surface area contributed by atoms with Gasteiger partial charge in [0.05, 0.1) is 43.3 Å². The molecule has 0 fully saturated rings. The maximum atomic E-state index is 11.9. The second-order valence-electron chi connectivity index (χ2n) is 6.45. The molecule has 0 aliphatic heterocycles. The van der Waals surface area contributed by atoms with Gasteiger partial charge in [0.15, 0.2) is 5.11 Å². The third-order valence-electron chi connectivity index (χ3n) is 4.30. The molecule has 3 aromatic rings. The van der Waals surface area contributed by atoms with E-state index in [1.54, 1.807) is 60.4 Å². The number of hydrogen-bond acceptors (Lipinski definition) is 6. The molecule has 1 aromatic heterocycles. The molecule has 8 nitrogen and oxygen atoms in total. The Labute approximate surface area is 185 Å². The number of carbonyl (C=O) groups is 2. The molecule has 0 aliphatic rings. The number of methoxy groups -OCH3 is 1. The molecule has 0 atom stereocenters. The van der Waals surface area contributed by atoms with E-state index in [0.717, 1.165) is 11.3 Å². The van der Waals surface area contributed by atoms with Gasteiger partial charge in [-0.3, -0.25) is 4.68 Å². The summed E-state index contributed by atoms with van der Waals surface area (Å²) in [7, 11) is 1.35. The summed E-state index contributed by atoms with van der Waals surface area (Å²) in [6.07, 6.45) is 3.42. The van der Waals surface area contributed by atoms with Crippen LogP contribution in [-0.4, -0.2) is 40.5 Å². The molecular formula is C22H22N4O4S. The monoisotopic (exact) mass is 438 g/mol. The Hall–Kier alpha value is -3.72. The smallest absolute Gasteiger partial charge is 0.338 e. The summed E-state index contributed by atoms with van der Waals surface area (Å²) in [5.74, 6) is -0.753. The van der Waals surface area contributed by atoms with Crippen LogP contribution in [0.5, 0.6) is 0 Å². The van der Waals surface area contributed by atoms with Gasteiger partial charge < -0.3 is 20.1 Å². The highest BCUT2D eigenvalue weighted by molar-refractivity contribution is 7.80. The van der Waals surface area contributed by atoms with Gasteiger partial charge in [0.1, 0.15) is 0 Å². The Balaban J connectivity index is 1.59. The Morgan fingerprint density at radius 2 is 1.74 bits per heavy atom. The SMILES string of the molecule is CCOC(=O)c1ccc(NC(=S)Nc2cnn(Cc3ccccc3C(=O)OC)c2)cc1. The molecule has 0 saturated heterocycles. The number of aromatic nitrogens is 2. The number of rotatable bonds is 7. The fraction of sp³-hybridized carbons (Fsp3) is 0.182. The number of anilines is 2. The molecule has 0 unspecified atom stereocenters. The zero-order valence-corrected chi connectivity index (χ0v) is 17.9. The van der Waals surface area contributed by atoms with Gasteiger partial charge in [-0.15, -0.1) is 0 Å². The molecule has 0 radical (unpaired) electrons. The van der Waals surface area contributed by atoms with Crippen molar-refractivity contribution >= 4 is 40.6 Å². The predicted octanol–water partition coefficient (Wildman–Crippen LogP) is 3.70. The Kier molecular flexibility index (Phi) is 7.34. The first-order chi connectivity index (χ1) is 15.0. The van der Waals surface area contributed by atoms with Crippen molar-refractivity contribution in [2.75, 3.05) is 24.4 Å². The summed E-state index contributed by atoms with van der Waals surface area (Å²) >= 11 is 5.34. The van der Waals surface area contributed by atoms with E-state index in [0.29, 0.717) is 35.1 Å². The Morgan fingerprint density at radius 3 is 2.45 bits per heavy atom. The second kappa shape index (κ2) is 10.4. The highest BCUT2D eigenvalue weighted by Crippen LogP contribution is 2.15. The van der Waals surface area contributed by atoms with Crippen LogP contribution in [0.15, 0.2) is 60.9 Å². The first-order valence-corrected chi connectivity index (χ1v) is 9.95. The standard InChI is InChI=1S/C22H22N4O4S/c1-3-30-20(27)15-8-10-17(11-9-15)24-22(31)25-18-12-23-26(14-18)13-16-6-4-5-7-19(16)21(28)29-2/h4-12,14H,3,13H2,1-2H3,(H2,24,25,31). The molecule has 0 amide bonds. The lowest BCUT2D eigenvalue weighted by molar-refractivity contribution is 0.0525. The zero-order chi connectivity index (χ0) is 22.2. The van der Waals surface area contributed by atoms with Crippen LogP contribution in [0.2, 0.25) is 0 Å². The van der Waals surface area contributed by atoms with Gasteiger partial charge in [0.25, 0.3) is 0 Å². The molecule has 0 aliphatic carbocycles. The largest absolute Gasteiger partial charge is 0.465 e. The topological polar surface area (TPSA) is 94.5 Å². The molecule has 31 heavy (non-hydrogen) atoms. The van der Waals surface area contributed by atoms with Gasteiger partial charge in [-0.25, -0.2) is 9.59 Å². The lowest BCUT2D eigenvalue weighted by Crippen LogP contribution is -2.18. The number of hydrogen-bond donors (Lipinski definition) is 2. The number of esters is 2. The summed E-state index contributed by atoms with van der Waals surface area (Å²) in [5.41, 5.74) is 3.19. The summed E-state index contributed by atoms with van der Waals surface area (Å²) < 4.78 is 11.5. The third-order valence-corrected chi connectivity index (χ3v) is 4.50. The fourth-order valence-corrected chi connectivity index (χ4v) is 3.09. The number of benzene rings is 2. The minimum atomic E-state index is -0.388. The summed E-state index contributed by atoms with van der Waals surface area (Å²) in [6.45, 7) is 2.50. The van der Waals surface area contributed by atoms with Crippen molar-refractivity contribution in [3.8, 4) is 0 Å². The second-order valence-corrected chi connectivity index (χ2v) is 6.86. The van der Waals surface area contributed by atoms with E-state index in [2.05, 4.69) is 15.7 Å². The van der Waals surface area contributed by atoms with Gasteiger partial charge in [-0.2, -0.15) is 5.10 Å². The van der Waals surface area contributed by atoms with E-state index in [1.807, 2.05) is 12.1 Å². The van der Waals surface area contributed by atoms with Crippen LogP contribution in [0.1, 0.15) is 33.2 Å². The van der Waals surface area contributed by atoms with E-state index in [4.69, 9.17) is 21.7 Å². The van der Waals surface area contributed by atoms with E-state index >= 15 is 0 Å². The first-order valence-electron chi connectivity index (χ1n) is 9.54. The van der Waals surface area contributed by atoms with Gasteiger partial charge >= 0.3 is 11.9 Å². The van der Waals surface area contributed by atoms with Gasteiger partial charge in [0, 0.05) is 11.9 Å². The summed E-state index contributed by atoms with van der Waals surface area (Å²) in [4.78, 5) is 23.6. The first kappa shape index (κ1) is 22.0. The number of ether oxygens (including phenoxy) is 2. The lowest BCUT2D eigenvalue weighted by atomic mass is 10.1. The molecule has 2 aromatic carbocycles. The van der Waals surface area contributed by atoms with Crippen LogP contribution in [0.25, 0.3) is 0 Å². The average molecular weight is 439 g/mol. The molecule has 160 valence electrons. The molecular weight excluding hydrogens is 416 g/mol. The van der Waals surface area contributed by atoms with Crippen LogP contribution < -0.4 is 10.6 Å². The summed E-state index contributed by atoms with van der Waals surface area (Å²) in [5, 5.41) is 10.8. The van der Waals surface area contributed by atoms with E-state index in [9.17, 15) is 9.59 Å². The minimum absolute atomic E-state index is 0.328. The molecule has 0 saturated carbocycles. The molecule has 1 heterocycles. The van der Waals surface area contributed by atoms with Crippen LogP contribution in [-0.2, 0) is 16.0 Å². The molecule has 0 bridgehead atoms. The zero-order valence-electron chi connectivity index (χ0n) is 17.1. The normalized spacial score (nSPS) is 10.3. The Morgan fingerprint density at radius 1 is 1.03 bits per heavy atom. The molecule has 3 rings (SSSR count). The third kappa shape index (κ3) is 5.89. The lowest BCUT2D eigenvalue weighted by Gasteiger charge is -2.10. The van der Waals surface area contributed by atoms with Crippen molar-refractivity contribution in [2.45, 2.75) is 13.5 Å². The molecule has 9 heteroatoms. The maximum absolute atomic E-state index is 11.9. The number of nitrogens with zero attached hydrogens (tertiary/aromatic N) is 2. The van der Waals surface area contributed by atoms with Crippen molar-refractivity contribution in [1.82, 2.24) is 9.78 Å². The molecule has 2 N–H and O–H groups in total. The minimum Gasteiger partial charge on any atom is -0.465 e. The van der Waals surface area contributed by atoms with Crippen LogP contribution >= 0.6 is 12.2 Å². The number of carbonyl (C=O) groups excluding carboxylic acids is 2. The average Bonchev–Trinajstić information content (AvgIpc) is 3.20. The highest BCUT2D eigenvalue weighted by atomic mass is 32.1. The summed E-state index contributed by atoms with van der Waals surface area (Å²) in [6, 6.07) is 14.0. The van der Waals surface area contributed by atoms with Crippen molar-refractivity contribution in [1.29, 1.82) is 0 Å². The van der Waals surface area contributed by atoms with Crippen molar-refractivity contribution in [3.63, 3.8) is 0 Å². The van der Waals surface area contributed by atoms with Gasteiger partial charge in [-0.1, -0.05) is 18.2 Å². The van der Waals surface area contributed by atoms with Gasteiger partial charge in [-0.05, 0) is 55.0 Å². The van der Waals surface area contributed by atoms with Crippen LogP contribution in [0, 0.1) is 0 Å². The van der Waals surface area contributed by atoms with Crippen LogP contribution in [0.4, 0.5) is 11.4 Å². The van der Waals surface area contributed by atoms with Crippen molar-refractivity contribution in [2.24, 2.45) is 0 Å². The van der Waals surface area contributed by atoms with E-state index in [1.165, 1.54) is 7.11 Å². The highest BCUT2D eigenvalue weighted by Gasteiger charge is 2.12. The quantitative estimate of drug-likeness (QED) is 0.426. The fourth-order valence-electron chi connectivity index (χ4n) is 2.85. The Bertz CT molecular complexity index is 1080. The van der Waals surface area contributed by atoms with Crippen LogP contribution in [0.3, 0.4) is 0 Å².